The number of benzene rings is 1. The highest BCUT2D eigenvalue weighted by atomic mass is 35.5. The van der Waals surface area contributed by atoms with Crippen molar-refractivity contribution < 1.29 is 9.47 Å². The number of pyridine rings is 2. The molecular weight excluding hydrogens is 537 g/mol. The predicted molar refractivity (Wildman–Crippen MR) is 152 cm³/mol. The van der Waals surface area contributed by atoms with Crippen molar-refractivity contribution in [3.05, 3.63) is 58.0 Å². The fraction of sp³-hybridized carbons (Fsp3) is 0.357. The van der Waals surface area contributed by atoms with E-state index in [0.717, 1.165) is 17.3 Å². The van der Waals surface area contributed by atoms with Gasteiger partial charge in [0.2, 0.25) is 0 Å². The van der Waals surface area contributed by atoms with Crippen LogP contribution < -0.4 is 20.1 Å². The molecule has 1 aromatic carbocycles. The van der Waals surface area contributed by atoms with Gasteiger partial charge in [0.25, 0.3) is 0 Å². The number of nitrogens with one attached hydrogen (secondary N) is 1. The standard InChI is InChI=1S/C28H29Cl2N7O2/c1-15(2)8-28(32)13-37(14-28)27-17(9-31)5-18(10-34-27)26-19-6-24(23(38-4)7-22(19)35-36-26)39-16(3)25-20(29)11-33-12-21(25)30/h5-7,10-12,15-16H,8,13-14,32H2,1-4H3,(H,35,36)/t16-/m1/s1. The van der Waals surface area contributed by atoms with Crippen LogP contribution in [0, 0.1) is 17.2 Å². The Kier molecular flexibility index (Phi) is 7.29. The zero-order chi connectivity index (χ0) is 27.9. The van der Waals surface area contributed by atoms with Crippen molar-refractivity contribution in [3.63, 3.8) is 0 Å². The molecule has 9 nitrogen and oxygen atoms in total. The summed E-state index contributed by atoms with van der Waals surface area (Å²) in [4.78, 5) is 10.7. The lowest BCUT2D eigenvalue weighted by Crippen LogP contribution is -2.68. The molecule has 0 unspecified atom stereocenters. The first-order chi connectivity index (χ1) is 18.6. The van der Waals surface area contributed by atoms with Crippen LogP contribution in [0.5, 0.6) is 11.5 Å². The number of halogens is 2. The molecule has 3 N–H and O–H groups in total. The van der Waals surface area contributed by atoms with Gasteiger partial charge in [0, 0.05) is 54.3 Å². The largest absolute Gasteiger partial charge is 0.493 e. The van der Waals surface area contributed by atoms with Crippen LogP contribution in [0.4, 0.5) is 5.82 Å². The maximum absolute atomic E-state index is 9.92. The Morgan fingerprint density at radius 3 is 2.49 bits per heavy atom. The van der Waals surface area contributed by atoms with E-state index in [2.05, 4.69) is 45.0 Å². The first-order valence-electron chi connectivity index (χ1n) is 12.6. The molecule has 5 rings (SSSR count). The van der Waals surface area contributed by atoms with Gasteiger partial charge in [0.05, 0.1) is 33.8 Å². The summed E-state index contributed by atoms with van der Waals surface area (Å²) in [5, 5.41) is 19.1. The van der Waals surface area contributed by atoms with Gasteiger partial charge < -0.3 is 20.1 Å². The molecule has 0 bridgehead atoms. The summed E-state index contributed by atoms with van der Waals surface area (Å²) in [6.45, 7) is 7.51. The van der Waals surface area contributed by atoms with Crippen molar-refractivity contribution in [2.75, 3.05) is 25.1 Å². The third kappa shape index (κ3) is 5.20. The summed E-state index contributed by atoms with van der Waals surface area (Å²) >= 11 is 12.7. The van der Waals surface area contributed by atoms with Crippen LogP contribution in [-0.4, -0.2) is 45.9 Å². The van der Waals surface area contributed by atoms with Gasteiger partial charge >= 0.3 is 0 Å². The second-order valence-electron chi connectivity index (χ2n) is 10.4. The summed E-state index contributed by atoms with van der Waals surface area (Å²) in [6.07, 6.45) is 5.23. The Bertz CT molecular complexity index is 1550. The smallest absolute Gasteiger partial charge is 0.162 e. The van der Waals surface area contributed by atoms with E-state index in [1.54, 1.807) is 19.4 Å². The molecule has 0 spiro atoms. The molecule has 4 aromatic rings. The highest BCUT2D eigenvalue weighted by molar-refractivity contribution is 6.35. The Morgan fingerprint density at radius 1 is 1.13 bits per heavy atom. The lowest BCUT2D eigenvalue weighted by molar-refractivity contribution is 0.216. The van der Waals surface area contributed by atoms with Crippen LogP contribution in [0.25, 0.3) is 22.2 Å². The molecule has 11 heteroatoms. The van der Waals surface area contributed by atoms with Gasteiger partial charge in [-0.05, 0) is 31.4 Å². The number of ether oxygens (including phenoxy) is 2. The topological polar surface area (TPSA) is 126 Å². The number of hydrogen-bond acceptors (Lipinski definition) is 8. The Hall–Kier alpha value is -3.58. The molecule has 3 aromatic heterocycles. The Balaban J connectivity index is 1.47. The van der Waals surface area contributed by atoms with Crippen molar-refractivity contribution >= 4 is 39.9 Å². The first-order valence-corrected chi connectivity index (χ1v) is 13.3. The fourth-order valence-electron chi connectivity index (χ4n) is 5.28. The van der Waals surface area contributed by atoms with Gasteiger partial charge in [-0.1, -0.05) is 37.0 Å². The molecule has 1 atom stereocenters. The molecule has 1 aliphatic heterocycles. The van der Waals surface area contributed by atoms with E-state index in [4.69, 9.17) is 38.4 Å². The number of nitriles is 1. The van der Waals surface area contributed by atoms with E-state index >= 15 is 0 Å². The molecule has 1 aliphatic rings. The highest BCUT2D eigenvalue weighted by Crippen LogP contribution is 2.40. The van der Waals surface area contributed by atoms with Gasteiger partial charge in [-0.25, -0.2) is 4.98 Å². The fourth-order valence-corrected chi connectivity index (χ4v) is 5.95. The quantitative estimate of drug-likeness (QED) is 0.270. The van der Waals surface area contributed by atoms with Gasteiger partial charge in [-0.15, -0.1) is 0 Å². The van der Waals surface area contributed by atoms with E-state index < -0.39 is 6.10 Å². The molecule has 0 amide bonds. The minimum Gasteiger partial charge on any atom is -0.493 e. The monoisotopic (exact) mass is 565 g/mol. The molecule has 4 heterocycles. The average molecular weight is 566 g/mol. The Labute approximate surface area is 236 Å². The number of hydrogen-bond donors (Lipinski definition) is 2. The summed E-state index contributed by atoms with van der Waals surface area (Å²) in [7, 11) is 1.57. The SMILES string of the molecule is COc1cc2[nH]nc(-c3cnc(N4CC(N)(CC(C)C)C4)c(C#N)c3)c2cc1O[C@H](C)c1c(Cl)cncc1Cl. The van der Waals surface area contributed by atoms with Crippen LogP contribution in [-0.2, 0) is 0 Å². The number of H-pyrrole nitrogens is 1. The van der Waals surface area contributed by atoms with Crippen LogP contribution in [0.15, 0.2) is 36.8 Å². The lowest BCUT2D eigenvalue weighted by atomic mass is 9.82. The van der Waals surface area contributed by atoms with Crippen molar-refractivity contribution in [2.45, 2.75) is 38.8 Å². The second kappa shape index (κ2) is 10.5. The number of anilines is 1. The predicted octanol–water partition coefficient (Wildman–Crippen LogP) is 5.91. The molecule has 0 saturated carbocycles. The van der Waals surface area contributed by atoms with Crippen LogP contribution in [0.1, 0.15) is 44.4 Å². The minimum atomic E-state index is -0.484. The highest BCUT2D eigenvalue weighted by Gasteiger charge is 2.41. The zero-order valence-corrected chi connectivity index (χ0v) is 23.6. The minimum absolute atomic E-state index is 0.253. The molecule has 202 valence electrons. The third-order valence-corrected chi connectivity index (χ3v) is 7.44. The van der Waals surface area contributed by atoms with Crippen molar-refractivity contribution in [1.82, 2.24) is 20.2 Å². The van der Waals surface area contributed by atoms with Gasteiger partial charge in [0.15, 0.2) is 11.5 Å². The summed E-state index contributed by atoms with van der Waals surface area (Å²) in [6, 6.07) is 7.75. The molecule has 0 aliphatic carbocycles. The maximum atomic E-state index is 9.92. The average Bonchev–Trinajstić information content (AvgIpc) is 3.28. The number of methoxy groups -OCH3 is 1. The molecular formula is C28H29Cl2N7O2. The van der Waals surface area contributed by atoms with Crippen molar-refractivity contribution in [2.24, 2.45) is 11.7 Å². The van der Waals surface area contributed by atoms with E-state index in [-0.39, 0.29) is 5.54 Å². The lowest BCUT2D eigenvalue weighted by Gasteiger charge is -2.49. The summed E-state index contributed by atoms with van der Waals surface area (Å²) < 4.78 is 11.8. The summed E-state index contributed by atoms with van der Waals surface area (Å²) in [5.41, 5.74) is 9.44. The maximum Gasteiger partial charge on any atom is 0.162 e. The Morgan fingerprint density at radius 2 is 1.85 bits per heavy atom. The number of rotatable bonds is 8. The van der Waals surface area contributed by atoms with Crippen molar-refractivity contribution in [3.8, 4) is 28.8 Å². The normalized spacial score (nSPS) is 15.2. The van der Waals surface area contributed by atoms with E-state index in [1.807, 2.05) is 19.1 Å². The van der Waals surface area contributed by atoms with Gasteiger partial charge in [-0.3, -0.25) is 10.1 Å². The van der Waals surface area contributed by atoms with E-state index in [0.29, 0.717) is 68.8 Å². The van der Waals surface area contributed by atoms with E-state index in [9.17, 15) is 5.26 Å². The van der Waals surface area contributed by atoms with Crippen LogP contribution in [0.2, 0.25) is 10.0 Å². The summed E-state index contributed by atoms with van der Waals surface area (Å²) in [5.74, 6) is 2.14. The number of nitrogens with two attached hydrogens (primary N) is 1. The number of aromatic amines is 1. The van der Waals surface area contributed by atoms with Crippen LogP contribution in [0.3, 0.4) is 0 Å². The zero-order valence-electron chi connectivity index (χ0n) is 22.1. The van der Waals surface area contributed by atoms with Crippen molar-refractivity contribution in [1.29, 1.82) is 5.26 Å². The second-order valence-corrected chi connectivity index (χ2v) is 11.2. The number of nitrogens with zero attached hydrogens (tertiary/aromatic N) is 5. The first kappa shape index (κ1) is 27.0. The molecule has 1 saturated heterocycles. The molecule has 1 fully saturated rings. The molecule has 0 radical (unpaired) electrons. The van der Waals surface area contributed by atoms with Gasteiger partial charge in [0.1, 0.15) is 23.7 Å². The third-order valence-electron chi connectivity index (χ3n) is 6.83. The number of aromatic nitrogens is 4. The number of fused-ring (bicyclic) bond motifs is 1. The van der Waals surface area contributed by atoms with Crippen LogP contribution >= 0.6 is 23.2 Å². The molecule has 39 heavy (non-hydrogen) atoms. The van der Waals surface area contributed by atoms with E-state index in [1.165, 1.54) is 12.4 Å². The van der Waals surface area contributed by atoms with Gasteiger partial charge in [-0.2, -0.15) is 10.4 Å².